The molecule has 0 aromatic rings. The van der Waals surface area contributed by atoms with E-state index in [0.29, 0.717) is 0 Å². The maximum absolute atomic E-state index is 12.1. The lowest BCUT2D eigenvalue weighted by molar-refractivity contribution is -0.140. The van der Waals surface area contributed by atoms with E-state index in [2.05, 4.69) is 4.74 Å². The first-order valence-electron chi connectivity index (χ1n) is 5.82. The second-order valence-corrected chi connectivity index (χ2v) is 6.68. The maximum atomic E-state index is 12.1. The van der Waals surface area contributed by atoms with Crippen LogP contribution in [0.5, 0.6) is 0 Å². The molecule has 0 aromatic heterocycles. The van der Waals surface area contributed by atoms with Gasteiger partial charge in [-0.3, -0.25) is 4.79 Å². The van der Waals surface area contributed by atoms with Crippen molar-refractivity contribution in [1.82, 2.24) is 4.31 Å². The number of carbonyl (C=O) groups excluding carboxylic acids is 1. The average molecular weight is 310 g/mol. The van der Waals surface area contributed by atoms with Crippen molar-refractivity contribution < 1.29 is 22.7 Å². The zero-order chi connectivity index (χ0) is 14.5. The van der Waals surface area contributed by atoms with E-state index >= 15 is 0 Å². The molecule has 19 heavy (non-hydrogen) atoms. The van der Waals surface area contributed by atoms with Crippen molar-refractivity contribution in [2.45, 2.75) is 18.9 Å². The summed E-state index contributed by atoms with van der Waals surface area (Å²) in [5, 5.41) is 0. The Hall–Kier alpha value is -0.770. The molecule has 1 atom stereocenters. The van der Waals surface area contributed by atoms with Crippen molar-refractivity contribution in [3.05, 3.63) is 0 Å². The first-order valence-corrected chi connectivity index (χ1v) is 7.84. The molecule has 0 aliphatic carbocycles. The van der Waals surface area contributed by atoms with Gasteiger partial charge in [-0.25, -0.2) is 8.42 Å². The monoisotopic (exact) mass is 310 g/mol. The number of ether oxygens (including phenoxy) is 2. The number of thiocarbonyl (C=S) groups is 1. The van der Waals surface area contributed by atoms with Crippen LogP contribution in [0.1, 0.15) is 12.8 Å². The molecule has 9 heteroatoms. The SMILES string of the molecule is COC(=O)CCCS(=O)(=O)N1CCOC(C(N)=S)C1. The Labute approximate surface area is 118 Å². The topological polar surface area (TPSA) is 98.9 Å². The van der Waals surface area contributed by atoms with Crippen LogP contribution in [0.4, 0.5) is 0 Å². The maximum Gasteiger partial charge on any atom is 0.305 e. The Bertz CT molecular complexity index is 437. The van der Waals surface area contributed by atoms with Gasteiger partial charge in [0.15, 0.2) is 0 Å². The summed E-state index contributed by atoms with van der Waals surface area (Å²) in [5.74, 6) is -0.523. The van der Waals surface area contributed by atoms with Crippen LogP contribution >= 0.6 is 12.2 Å². The third-order valence-electron chi connectivity index (χ3n) is 2.75. The summed E-state index contributed by atoms with van der Waals surface area (Å²) >= 11 is 4.80. The third-order valence-corrected chi connectivity index (χ3v) is 4.94. The molecule has 1 rings (SSSR count). The highest BCUT2D eigenvalue weighted by Crippen LogP contribution is 2.12. The summed E-state index contributed by atoms with van der Waals surface area (Å²) in [5.41, 5.74) is 5.45. The van der Waals surface area contributed by atoms with E-state index in [1.807, 2.05) is 0 Å². The average Bonchev–Trinajstić information content (AvgIpc) is 2.38. The van der Waals surface area contributed by atoms with Crippen molar-refractivity contribution in [1.29, 1.82) is 0 Å². The van der Waals surface area contributed by atoms with Gasteiger partial charge in [-0.15, -0.1) is 0 Å². The summed E-state index contributed by atoms with van der Waals surface area (Å²) in [6, 6.07) is 0. The van der Waals surface area contributed by atoms with Crippen LogP contribution in [-0.2, 0) is 24.3 Å². The fourth-order valence-corrected chi connectivity index (χ4v) is 3.31. The highest BCUT2D eigenvalue weighted by Gasteiger charge is 2.30. The van der Waals surface area contributed by atoms with E-state index in [4.69, 9.17) is 22.7 Å². The first kappa shape index (κ1) is 16.3. The van der Waals surface area contributed by atoms with Gasteiger partial charge >= 0.3 is 5.97 Å². The van der Waals surface area contributed by atoms with Gasteiger partial charge in [0.05, 0.1) is 19.5 Å². The molecule has 0 radical (unpaired) electrons. The second-order valence-electron chi connectivity index (χ2n) is 4.12. The summed E-state index contributed by atoms with van der Waals surface area (Å²) in [7, 11) is -2.15. The van der Waals surface area contributed by atoms with Crippen molar-refractivity contribution in [3.8, 4) is 0 Å². The third kappa shape index (κ3) is 5.01. The Morgan fingerprint density at radius 1 is 1.58 bits per heavy atom. The Balaban J connectivity index is 2.52. The number of sulfonamides is 1. The van der Waals surface area contributed by atoms with Crippen LogP contribution in [0.15, 0.2) is 0 Å². The lowest BCUT2D eigenvalue weighted by atomic mass is 10.3. The Morgan fingerprint density at radius 2 is 2.26 bits per heavy atom. The van der Waals surface area contributed by atoms with Crippen LogP contribution in [0, 0.1) is 0 Å². The lowest BCUT2D eigenvalue weighted by Gasteiger charge is -2.31. The summed E-state index contributed by atoms with van der Waals surface area (Å²) in [6.45, 7) is 0.674. The van der Waals surface area contributed by atoms with E-state index in [9.17, 15) is 13.2 Å². The van der Waals surface area contributed by atoms with E-state index in [-0.39, 0.29) is 43.3 Å². The van der Waals surface area contributed by atoms with Crippen molar-refractivity contribution in [2.24, 2.45) is 5.73 Å². The molecule has 0 saturated carbocycles. The molecule has 110 valence electrons. The van der Waals surface area contributed by atoms with Gasteiger partial charge in [0, 0.05) is 19.5 Å². The first-order chi connectivity index (χ1) is 8.86. The van der Waals surface area contributed by atoms with Gasteiger partial charge < -0.3 is 15.2 Å². The number of esters is 1. The van der Waals surface area contributed by atoms with E-state index in [1.54, 1.807) is 0 Å². The molecule has 0 bridgehead atoms. The standard InChI is InChI=1S/C10H18N2O5S2/c1-16-9(13)3-2-6-19(14,15)12-4-5-17-8(7-12)10(11)18/h8H,2-7H2,1H3,(H2,11,18). The smallest absolute Gasteiger partial charge is 0.305 e. The minimum atomic E-state index is -3.42. The normalized spacial score (nSPS) is 21.0. The molecule has 1 aliphatic heterocycles. The van der Waals surface area contributed by atoms with Gasteiger partial charge in [0.25, 0.3) is 0 Å². The number of rotatable bonds is 6. The predicted molar refractivity (Wildman–Crippen MR) is 73.1 cm³/mol. The quantitative estimate of drug-likeness (QED) is 0.509. The lowest BCUT2D eigenvalue weighted by Crippen LogP contribution is -2.50. The Morgan fingerprint density at radius 3 is 2.84 bits per heavy atom. The summed E-state index contributed by atoms with van der Waals surface area (Å²) in [4.78, 5) is 11.1. The summed E-state index contributed by atoms with van der Waals surface area (Å²) in [6.07, 6.45) is -0.234. The summed E-state index contributed by atoms with van der Waals surface area (Å²) < 4.78 is 35.2. The van der Waals surface area contributed by atoms with Gasteiger partial charge in [-0.2, -0.15) is 4.31 Å². The fraction of sp³-hybridized carbons (Fsp3) is 0.800. The van der Waals surface area contributed by atoms with Gasteiger partial charge in [-0.05, 0) is 6.42 Å². The molecule has 1 aliphatic rings. The van der Waals surface area contributed by atoms with E-state index in [0.717, 1.165) is 0 Å². The highest BCUT2D eigenvalue weighted by atomic mass is 32.2. The largest absolute Gasteiger partial charge is 0.469 e. The number of nitrogens with two attached hydrogens (primary N) is 1. The molecule has 1 unspecified atom stereocenters. The molecular formula is C10H18N2O5S2. The minimum Gasteiger partial charge on any atom is -0.469 e. The zero-order valence-corrected chi connectivity index (χ0v) is 12.3. The van der Waals surface area contributed by atoms with Crippen molar-refractivity contribution >= 4 is 33.2 Å². The van der Waals surface area contributed by atoms with E-state index in [1.165, 1.54) is 11.4 Å². The molecule has 0 amide bonds. The highest BCUT2D eigenvalue weighted by molar-refractivity contribution is 7.89. The molecule has 2 N–H and O–H groups in total. The molecular weight excluding hydrogens is 292 g/mol. The van der Waals surface area contributed by atoms with Crippen LogP contribution in [0.25, 0.3) is 0 Å². The fourth-order valence-electron chi connectivity index (χ4n) is 1.68. The number of carbonyl (C=O) groups is 1. The number of methoxy groups -OCH3 is 1. The Kier molecular flexibility index (Phi) is 6.11. The molecule has 7 nitrogen and oxygen atoms in total. The molecule has 0 aromatic carbocycles. The number of hydrogen-bond acceptors (Lipinski definition) is 6. The minimum absolute atomic E-state index is 0.0821. The zero-order valence-electron chi connectivity index (χ0n) is 10.7. The van der Waals surface area contributed by atoms with Gasteiger partial charge in [-0.1, -0.05) is 12.2 Å². The molecule has 1 heterocycles. The molecule has 1 fully saturated rings. The predicted octanol–water partition coefficient (Wildman–Crippen LogP) is -0.744. The number of morpholine rings is 1. The van der Waals surface area contributed by atoms with Crippen LogP contribution < -0.4 is 5.73 Å². The number of nitrogens with zero attached hydrogens (tertiary/aromatic N) is 1. The van der Waals surface area contributed by atoms with Gasteiger partial charge in [0.1, 0.15) is 11.1 Å². The van der Waals surface area contributed by atoms with E-state index < -0.39 is 22.1 Å². The van der Waals surface area contributed by atoms with Crippen molar-refractivity contribution in [3.63, 3.8) is 0 Å². The molecule has 1 saturated heterocycles. The van der Waals surface area contributed by atoms with Crippen molar-refractivity contribution in [2.75, 3.05) is 32.6 Å². The van der Waals surface area contributed by atoms with Crippen LogP contribution in [-0.4, -0.2) is 62.3 Å². The second kappa shape index (κ2) is 7.13. The van der Waals surface area contributed by atoms with Crippen LogP contribution in [0.2, 0.25) is 0 Å². The van der Waals surface area contributed by atoms with Crippen LogP contribution in [0.3, 0.4) is 0 Å². The number of hydrogen-bond donors (Lipinski definition) is 1. The molecule has 0 spiro atoms. The van der Waals surface area contributed by atoms with Gasteiger partial charge in [0.2, 0.25) is 10.0 Å².